The number of hydrogen-bond acceptors (Lipinski definition) is 2. The van der Waals surface area contributed by atoms with E-state index in [1.807, 2.05) is 65.2 Å². The number of benzene rings is 7. The summed E-state index contributed by atoms with van der Waals surface area (Å²) in [4.78, 5) is 4.57. The summed E-state index contributed by atoms with van der Waals surface area (Å²) in [5, 5.41) is 1.82. The van der Waals surface area contributed by atoms with E-state index in [4.69, 9.17) is 13.0 Å². The second kappa shape index (κ2) is 17.3. The number of pyridine rings is 1. The Labute approximate surface area is 429 Å². The van der Waals surface area contributed by atoms with Gasteiger partial charge in [-0.15, -0.1) is 0 Å². The van der Waals surface area contributed by atoms with Crippen LogP contribution in [-0.4, -0.2) is 14.1 Å². The molecule has 358 valence electrons. The topological polar surface area (TPSA) is 35.9 Å². The molecular weight excluding hydrogens is 865 g/mol. The molecule has 0 aliphatic carbocycles. The van der Waals surface area contributed by atoms with Crippen molar-refractivity contribution < 1.29 is 17.5 Å². The number of rotatable bonds is 7. The molecule has 0 bridgehead atoms. The highest BCUT2D eigenvalue weighted by molar-refractivity contribution is 6.09. The van der Waals surface area contributed by atoms with Gasteiger partial charge in [0.2, 0.25) is 0 Å². The van der Waals surface area contributed by atoms with Gasteiger partial charge < -0.3 is 4.74 Å². The van der Waals surface area contributed by atoms with Crippen LogP contribution in [0.3, 0.4) is 0 Å². The van der Waals surface area contributed by atoms with Crippen LogP contribution in [0.25, 0.3) is 72.3 Å². The fraction of sp³-hybridized carbons (Fsp3) is 0.273. The Kier molecular flexibility index (Phi) is 9.84. The Bertz CT molecular complexity index is 3760. The van der Waals surface area contributed by atoms with Gasteiger partial charge in [-0.25, -0.2) is 4.98 Å². The lowest BCUT2D eigenvalue weighted by Gasteiger charge is -2.28. The number of para-hydroxylation sites is 4. The van der Waals surface area contributed by atoms with Gasteiger partial charge in [-0.1, -0.05) is 186 Å². The monoisotopic (exact) mass is 939 g/mol. The van der Waals surface area contributed by atoms with Gasteiger partial charge in [0.05, 0.1) is 33.4 Å². The van der Waals surface area contributed by atoms with Crippen LogP contribution in [0.15, 0.2) is 158 Å². The highest BCUT2D eigenvalue weighted by Gasteiger charge is 2.27. The summed E-state index contributed by atoms with van der Waals surface area (Å²) in [5.41, 5.74) is 14.0. The Morgan fingerprint density at radius 3 is 1.62 bits per heavy atom. The predicted molar refractivity (Wildman–Crippen MR) is 297 cm³/mol. The van der Waals surface area contributed by atoms with Crippen molar-refractivity contribution in [2.45, 2.75) is 118 Å². The summed E-state index contributed by atoms with van der Waals surface area (Å²) in [5.74, 6) is 1.43. The first-order valence-corrected chi connectivity index (χ1v) is 24.7. The molecule has 0 radical (unpaired) electrons. The Balaban J connectivity index is 1.15. The van der Waals surface area contributed by atoms with Crippen LogP contribution in [0.4, 0.5) is 0 Å². The van der Waals surface area contributed by atoms with E-state index in [-0.39, 0.29) is 38.6 Å². The van der Waals surface area contributed by atoms with Crippen molar-refractivity contribution in [3.8, 4) is 50.9 Å². The molecule has 0 aliphatic rings. The fourth-order valence-corrected chi connectivity index (χ4v) is 9.62. The molecule has 10 rings (SSSR count). The van der Waals surface area contributed by atoms with Crippen LogP contribution in [0.5, 0.6) is 11.5 Å². The second-order valence-electron chi connectivity index (χ2n) is 23.3. The van der Waals surface area contributed by atoms with E-state index in [2.05, 4.69) is 188 Å². The Morgan fingerprint density at radius 2 is 1.03 bits per heavy atom. The predicted octanol–water partition coefficient (Wildman–Crippen LogP) is 17.1. The summed E-state index contributed by atoms with van der Waals surface area (Å²) in [6, 6.07) is 52.5. The number of imidazole rings is 1. The van der Waals surface area contributed by atoms with E-state index >= 15 is 0 Å². The Morgan fingerprint density at radius 1 is 0.493 bits per heavy atom. The summed E-state index contributed by atoms with van der Waals surface area (Å²) >= 11 is 0. The van der Waals surface area contributed by atoms with Crippen LogP contribution in [-0.2, 0) is 21.7 Å². The molecule has 5 heteroatoms. The summed E-state index contributed by atoms with van der Waals surface area (Å²) in [6.45, 7) is 22.1. The quantitative estimate of drug-likeness (QED) is 0.118. The van der Waals surface area contributed by atoms with Crippen molar-refractivity contribution in [1.82, 2.24) is 14.1 Å². The van der Waals surface area contributed by atoms with Gasteiger partial charge in [-0.2, -0.15) is 0 Å². The summed E-state index contributed by atoms with van der Waals surface area (Å²) in [7, 11) is 0. The maximum atomic E-state index is 8.28. The lowest BCUT2D eigenvalue weighted by atomic mass is 9.77. The minimum absolute atomic E-state index is 0.0964. The van der Waals surface area contributed by atoms with E-state index in [9.17, 15) is 0 Å². The van der Waals surface area contributed by atoms with Crippen LogP contribution in [0, 0.1) is 20.0 Å². The molecule has 0 saturated carbocycles. The van der Waals surface area contributed by atoms with Crippen molar-refractivity contribution in [3.05, 3.63) is 198 Å². The van der Waals surface area contributed by atoms with Crippen LogP contribution in [0.2, 0.25) is 0 Å². The average Bonchev–Trinajstić information content (AvgIpc) is 4.13. The molecule has 3 aromatic heterocycles. The molecule has 71 heavy (non-hydrogen) atoms. The summed E-state index contributed by atoms with van der Waals surface area (Å²) in [6.07, 6.45) is 5.07. The van der Waals surface area contributed by atoms with Crippen LogP contribution >= 0.6 is 0 Å². The average molecular weight is 939 g/mol. The molecule has 7 aromatic carbocycles. The molecule has 0 spiro atoms. The molecule has 0 unspecified atom stereocenters. The smallest absolute Gasteiger partial charge is 0.269 e. The van der Waals surface area contributed by atoms with E-state index < -0.39 is 13.7 Å². The van der Waals surface area contributed by atoms with Crippen molar-refractivity contribution in [1.29, 1.82) is 0 Å². The number of hydrogen-bond donors (Lipinski definition) is 0. The maximum absolute atomic E-state index is 8.28. The second-order valence-corrected chi connectivity index (χ2v) is 23.3. The molecule has 0 saturated heterocycles. The van der Waals surface area contributed by atoms with Gasteiger partial charge in [-0.3, -0.25) is 13.7 Å². The van der Waals surface area contributed by atoms with Gasteiger partial charge >= 0.3 is 0 Å². The number of ether oxygens (including phenoxy) is 1. The third-order valence-electron chi connectivity index (χ3n) is 13.9. The lowest BCUT2D eigenvalue weighted by Crippen LogP contribution is -2.31. The highest BCUT2D eigenvalue weighted by atomic mass is 16.5. The van der Waals surface area contributed by atoms with E-state index in [0.29, 0.717) is 11.5 Å². The van der Waals surface area contributed by atoms with Gasteiger partial charge in [0.25, 0.3) is 6.33 Å². The first-order chi connectivity index (χ1) is 35.9. The first kappa shape index (κ1) is 40.5. The molecule has 0 N–H and O–H groups in total. The molecule has 0 atom stereocenters. The highest BCUT2D eigenvalue weighted by Crippen LogP contribution is 2.42. The minimum atomic E-state index is -2.69. The van der Waals surface area contributed by atoms with Gasteiger partial charge in [0.15, 0.2) is 0 Å². The number of aromatic nitrogens is 4. The number of nitrogens with zero attached hydrogens (tertiary/aromatic N) is 4. The van der Waals surface area contributed by atoms with Gasteiger partial charge in [0, 0.05) is 31.3 Å². The normalized spacial score (nSPS) is 14.3. The lowest BCUT2D eigenvalue weighted by molar-refractivity contribution is -0.571. The first-order valence-electron chi connectivity index (χ1n) is 27.7. The molecule has 0 aliphatic heterocycles. The SMILES string of the molecule is [2H]C([2H])([2H])c1cnc(-n2c3ccccc3c3ccc(Oc4cccc(-n5[c-][n+](-c6c(-c7cc(C(C)(C)C)cc(C(C)(C)C)c7)cccc6-c6cc(C(C)(C)C)cc(C(C)(C)C)c6)c6ccccc65)c4)cc32)cc1C([2H])([2H])[2H]. The molecule has 0 fully saturated rings. The minimum Gasteiger partial charge on any atom is -0.458 e. The van der Waals surface area contributed by atoms with Crippen molar-refractivity contribution >= 4 is 32.8 Å². The van der Waals surface area contributed by atoms with Gasteiger partial charge in [-0.05, 0) is 133 Å². The number of aryl methyl sites for hydroxylation is 2. The summed E-state index contributed by atoms with van der Waals surface area (Å²) < 4.78 is 62.1. The standard InChI is InChI=1S/C66H68N4O/c1-42-31-61(67-40-43(42)2)70-57-26-16-15-23-55(57)56-30-29-52(39-60(56)70)71-51-22-19-21-50(38-51)68-41-69(59-28-18-17-27-58(59)68)62-53(44-32-46(63(3,4)5)36-47(33-44)64(6,7)8)24-20-25-54(62)45-34-48(65(9,10)11)37-49(35-45)66(12,13)14/h15-40H,1-14H3/i1D3,2D3. The Hall–Kier alpha value is -7.24. The zero-order valence-corrected chi connectivity index (χ0v) is 43.2. The van der Waals surface area contributed by atoms with E-state index in [0.717, 1.165) is 66.5 Å². The molecule has 5 nitrogen and oxygen atoms in total. The number of fused-ring (bicyclic) bond motifs is 4. The molecule has 0 amide bonds. The van der Waals surface area contributed by atoms with E-state index in [1.165, 1.54) is 34.5 Å². The maximum Gasteiger partial charge on any atom is 0.269 e. The van der Waals surface area contributed by atoms with Gasteiger partial charge in [0.1, 0.15) is 17.3 Å². The van der Waals surface area contributed by atoms with Crippen molar-refractivity contribution in [2.75, 3.05) is 0 Å². The molecule has 3 heterocycles. The van der Waals surface area contributed by atoms with Crippen LogP contribution in [0.1, 0.15) is 125 Å². The third-order valence-corrected chi connectivity index (χ3v) is 13.9. The fourth-order valence-electron chi connectivity index (χ4n) is 9.62. The van der Waals surface area contributed by atoms with Crippen molar-refractivity contribution in [3.63, 3.8) is 0 Å². The van der Waals surface area contributed by atoms with Crippen LogP contribution < -0.4 is 9.30 Å². The zero-order chi connectivity index (χ0) is 55.4. The molecule has 10 aromatic rings. The third kappa shape index (κ3) is 8.97. The van der Waals surface area contributed by atoms with Crippen molar-refractivity contribution in [2.24, 2.45) is 0 Å². The van der Waals surface area contributed by atoms with E-state index in [1.54, 1.807) is 0 Å². The largest absolute Gasteiger partial charge is 0.458 e. The zero-order valence-electron chi connectivity index (χ0n) is 49.2. The molecular formula is C66H68N4O.